The molecular formula is C25H24ClNO5. The zero-order valence-electron chi connectivity index (χ0n) is 17.9. The minimum atomic E-state index is -0.202. The molecule has 0 aliphatic carbocycles. The van der Waals surface area contributed by atoms with Gasteiger partial charge in [0.05, 0.1) is 24.8 Å². The molecule has 166 valence electrons. The molecule has 0 aromatic heterocycles. The van der Waals surface area contributed by atoms with Gasteiger partial charge in [0.2, 0.25) is 0 Å². The van der Waals surface area contributed by atoms with E-state index in [-0.39, 0.29) is 17.5 Å². The van der Waals surface area contributed by atoms with Crippen LogP contribution in [-0.2, 0) is 19.6 Å². The second-order valence-corrected chi connectivity index (χ2v) is 7.71. The molecule has 0 bridgehead atoms. The molecule has 1 heterocycles. The number of amides is 1. The lowest BCUT2D eigenvalue weighted by molar-refractivity contribution is 0.0945. The van der Waals surface area contributed by atoms with Gasteiger partial charge in [-0.25, -0.2) is 0 Å². The number of carbonyl (C=O) groups excluding carboxylic acids is 1. The SMILES string of the molecule is COc1ccc(COc2cc3c(c(Cl)c2OCc2ccc(OC)cc2)C(=O)NCC3)cc1. The molecule has 1 N–H and O–H groups in total. The maximum absolute atomic E-state index is 12.4. The average Bonchev–Trinajstić information content (AvgIpc) is 2.83. The lowest BCUT2D eigenvalue weighted by Crippen LogP contribution is -2.32. The summed E-state index contributed by atoms with van der Waals surface area (Å²) >= 11 is 6.66. The first-order valence-electron chi connectivity index (χ1n) is 10.2. The van der Waals surface area contributed by atoms with E-state index in [4.69, 9.17) is 30.5 Å². The van der Waals surface area contributed by atoms with Gasteiger partial charge in [-0.3, -0.25) is 4.79 Å². The first kappa shape index (κ1) is 21.8. The monoisotopic (exact) mass is 453 g/mol. The molecule has 3 aromatic carbocycles. The second-order valence-electron chi connectivity index (χ2n) is 7.33. The van der Waals surface area contributed by atoms with Gasteiger partial charge in [-0.2, -0.15) is 0 Å². The molecule has 1 aliphatic rings. The third-order valence-corrected chi connectivity index (χ3v) is 5.63. The zero-order chi connectivity index (χ0) is 22.5. The summed E-state index contributed by atoms with van der Waals surface area (Å²) < 4.78 is 22.6. The summed E-state index contributed by atoms with van der Waals surface area (Å²) in [6, 6.07) is 17.0. The smallest absolute Gasteiger partial charge is 0.253 e. The van der Waals surface area contributed by atoms with Crippen LogP contribution in [0.5, 0.6) is 23.0 Å². The fourth-order valence-electron chi connectivity index (χ4n) is 3.50. The van der Waals surface area contributed by atoms with E-state index in [9.17, 15) is 4.79 Å². The van der Waals surface area contributed by atoms with Crippen LogP contribution in [0.2, 0.25) is 5.02 Å². The van der Waals surface area contributed by atoms with Gasteiger partial charge in [-0.1, -0.05) is 35.9 Å². The molecule has 0 saturated carbocycles. The van der Waals surface area contributed by atoms with E-state index in [2.05, 4.69) is 5.32 Å². The first-order valence-corrected chi connectivity index (χ1v) is 10.6. The number of methoxy groups -OCH3 is 2. The second kappa shape index (κ2) is 9.83. The summed E-state index contributed by atoms with van der Waals surface area (Å²) in [5.41, 5.74) is 3.20. The molecule has 3 aromatic rings. The van der Waals surface area contributed by atoms with E-state index in [0.717, 1.165) is 28.2 Å². The van der Waals surface area contributed by atoms with E-state index in [1.54, 1.807) is 14.2 Å². The van der Waals surface area contributed by atoms with Crippen LogP contribution in [0.15, 0.2) is 54.6 Å². The van der Waals surface area contributed by atoms with Crippen molar-refractivity contribution < 1.29 is 23.7 Å². The third kappa shape index (κ3) is 4.75. The molecule has 1 aliphatic heterocycles. The highest BCUT2D eigenvalue weighted by Crippen LogP contribution is 2.42. The van der Waals surface area contributed by atoms with Crippen LogP contribution in [0.4, 0.5) is 0 Å². The number of nitrogens with one attached hydrogen (secondary N) is 1. The number of halogens is 1. The Morgan fingerprint density at radius 2 is 1.44 bits per heavy atom. The van der Waals surface area contributed by atoms with Gasteiger partial charge >= 0.3 is 0 Å². The summed E-state index contributed by atoms with van der Waals surface area (Å²) in [4.78, 5) is 12.4. The Bertz CT molecular complexity index is 1100. The minimum absolute atomic E-state index is 0.202. The van der Waals surface area contributed by atoms with Crippen LogP contribution >= 0.6 is 11.6 Å². The fraction of sp³-hybridized carbons (Fsp3) is 0.240. The molecular weight excluding hydrogens is 430 g/mol. The van der Waals surface area contributed by atoms with Crippen molar-refractivity contribution in [1.29, 1.82) is 0 Å². The number of carbonyl (C=O) groups is 1. The van der Waals surface area contributed by atoms with Crippen molar-refractivity contribution in [2.24, 2.45) is 0 Å². The molecule has 0 saturated heterocycles. The highest BCUT2D eigenvalue weighted by Gasteiger charge is 2.26. The highest BCUT2D eigenvalue weighted by molar-refractivity contribution is 6.36. The van der Waals surface area contributed by atoms with Gasteiger partial charge in [-0.05, 0) is 53.4 Å². The Morgan fingerprint density at radius 3 is 2.00 bits per heavy atom. The largest absolute Gasteiger partial charge is 0.497 e. The van der Waals surface area contributed by atoms with Crippen molar-refractivity contribution in [2.75, 3.05) is 20.8 Å². The summed E-state index contributed by atoms with van der Waals surface area (Å²) in [5, 5.41) is 3.10. The van der Waals surface area contributed by atoms with E-state index >= 15 is 0 Å². The number of ether oxygens (including phenoxy) is 4. The van der Waals surface area contributed by atoms with Gasteiger partial charge in [0.25, 0.3) is 5.91 Å². The predicted molar refractivity (Wildman–Crippen MR) is 122 cm³/mol. The molecule has 0 spiro atoms. The number of hydrogen-bond acceptors (Lipinski definition) is 5. The predicted octanol–water partition coefficient (Wildman–Crippen LogP) is 4.80. The van der Waals surface area contributed by atoms with E-state index < -0.39 is 0 Å². The molecule has 0 radical (unpaired) electrons. The molecule has 7 heteroatoms. The molecule has 32 heavy (non-hydrogen) atoms. The number of rotatable bonds is 8. The Kier molecular flexibility index (Phi) is 6.71. The van der Waals surface area contributed by atoms with Crippen molar-refractivity contribution in [3.63, 3.8) is 0 Å². The Labute approximate surface area is 192 Å². The Balaban J connectivity index is 1.60. The zero-order valence-corrected chi connectivity index (χ0v) is 18.7. The van der Waals surface area contributed by atoms with Gasteiger partial charge in [0.1, 0.15) is 24.7 Å². The lowest BCUT2D eigenvalue weighted by atomic mass is 9.99. The molecule has 6 nitrogen and oxygen atoms in total. The third-order valence-electron chi connectivity index (χ3n) is 5.27. The molecule has 0 atom stereocenters. The molecule has 1 amide bonds. The van der Waals surface area contributed by atoms with E-state index in [0.29, 0.717) is 36.6 Å². The lowest BCUT2D eigenvalue weighted by Gasteiger charge is -2.22. The Hall–Kier alpha value is -3.38. The van der Waals surface area contributed by atoms with E-state index in [1.165, 1.54) is 0 Å². The number of fused-ring (bicyclic) bond motifs is 1. The van der Waals surface area contributed by atoms with Crippen LogP contribution < -0.4 is 24.3 Å². The standard InChI is InChI=1S/C25H24ClNO5/c1-29-19-7-3-16(4-8-19)14-31-21-13-18-11-12-27-25(28)22(18)23(26)24(21)32-15-17-5-9-20(30-2)10-6-17/h3-10,13H,11-12,14-15H2,1-2H3,(H,27,28). The van der Waals surface area contributed by atoms with Crippen molar-refractivity contribution in [1.82, 2.24) is 5.32 Å². The maximum atomic E-state index is 12.4. The van der Waals surface area contributed by atoms with Crippen molar-refractivity contribution >= 4 is 17.5 Å². The highest BCUT2D eigenvalue weighted by atomic mass is 35.5. The van der Waals surface area contributed by atoms with Crippen molar-refractivity contribution in [3.8, 4) is 23.0 Å². The van der Waals surface area contributed by atoms with Gasteiger partial charge in [0.15, 0.2) is 11.5 Å². The molecule has 4 rings (SSSR count). The van der Waals surface area contributed by atoms with Crippen LogP contribution in [-0.4, -0.2) is 26.7 Å². The van der Waals surface area contributed by atoms with Crippen LogP contribution in [0.3, 0.4) is 0 Å². The van der Waals surface area contributed by atoms with Gasteiger partial charge in [0, 0.05) is 6.54 Å². The summed E-state index contributed by atoms with van der Waals surface area (Å²) in [6.07, 6.45) is 0.679. The van der Waals surface area contributed by atoms with Gasteiger partial charge < -0.3 is 24.3 Å². The fourth-order valence-corrected chi connectivity index (χ4v) is 3.86. The summed E-state index contributed by atoms with van der Waals surface area (Å²) in [7, 11) is 3.25. The van der Waals surface area contributed by atoms with Gasteiger partial charge in [-0.15, -0.1) is 0 Å². The molecule has 0 fully saturated rings. The van der Waals surface area contributed by atoms with Crippen molar-refractivity contribution in [3.05, 3.63) is 81.9 Å². The van der Waals surface area contributed by atoms with E-state index in [1.807, 2.05) is 54.6 Å². The van der Waals surface area contributed by atoms with Crippen molar-refractivity contribution in [2.45, 2.75) is 19.6 Å². The maximum Gasteiger partial charge on any atom is 0.253 e. The average molecular weight is 454 g/mol. The topological polar surface area (TPSA) is 66.0 Å². The Morgan fingerprint density at radius 1 is 0.875 bits per heavy atom. The van der Waals surface area contributed by atoms with Crippen LogP contribution in [0.1, 0.15) is 27.0 Å². The summed E-state index contributed by atoms with van der Waals surface area (Å²) in [5.74, 6) is 2.20. The number of benzene rings is 3. The minimum Gasteiger partial charge on any atom is -0.497 e. The van der Waals surface area contributed by atoms with Crippen LogP contribution in [0.25, 0.3) is 0 Å². The normalized spacial score (nSPS) is 12.5. The van der Waals surface area contributed by atoms with Crippen LogP contribution in [0, 0.1) is 0 Å². The first-order chi connectivity index (χ1) is 15.6. The number of hydrogen-bond donors (Lipinski definition) is 1. The quantitative estimate of drug-likeness (QED) is 0.530. The molecule has 0 unspecified atom stereocenters. The summed E-state index contributed by atoms with van der Waals surface area (Å²) in [6.45, 7) is 1.15.